The number of hydrogen-bond donors (Lipinski definition) is 1. The molecule has 0 heterocycles. The van der Waals surface area contributed by atoms with Gasteiger partial charge in [-0.1, -0.05) is 26.2 Å². The molecule has 2 aliphatic carbocycles. The van der Waals surface area contributed by atoms with Crippen LogP contribution in [0.4, 0.5) is 9.18 Å². The van der Waals surface area contributed by atoms with E-state index in [-0.39, 0.29) is 23.5 Å². The van der Waals surface area contributed by atoms with Gasteiger partial charge in [0.15, 0.2) is 0 Å². The van der Waals surface area contributed by atoms with E-state index < -0.39 is 28.5 Å². The summed E-state index contributed by atoms with van der Waals surface area (Å²) >= 11 is 0. The molecule has 0 aromatic heterocycles. The van der Waals surface area contributed by atoms with Crippen molar-refractivity contribution in [3.05, 3.63) is 29.1 Å². The minimum atomic E-state index is -0.692. The molecule has 32 heavy (non-hydrogen) atoms. The summed E-state index contributed by atoms with van der Waals surface area (Å²) in [4.78, 5) is 25.2. The lowest BCUT2D eigenvalue weighted by Crippen LogP contribution is -2.57. The summed E-state index contributed by atoms with van der Waals surface area (Å²) in [5, 5.41) is 3.14. The van der Waals surface area contributed by atoms with E-state index in [0.29, 0.717) is 12.0 Å². The average molecular weight is 448 g/mol. The number of carbonyl (C=O) groups is 2. The first-order chi connectivity index (χ1) is 14.7. The Bertz CT molecular complexity index is 883. The van der Waals surface area contributed by atoms with Crippen LogP contribution in [0, 0.1) is 17.2 Å². The Morgan fingerprint density at radius 1 is 1.09 bits per heavy atom. The third-order valence-electron chi connectivity index (χ3n) is 6.67. The summed E-state index contributed by atoms with van der Waals surface area (Å²) in [6, 6.07) is 2.95. The molecule has 1 aromatic rings. The van der Waals surface area contributed by atoms with E-state index in [1.807, 2.05) is 26.8 Å². The number of alkyl carbamates (subject to hydrolysis) is 1. The second-order valence-electron chi connectivity index (χ2n) is 11.7. The fourth-order valence-corrected chi connectivity index (χ4v) is 5.06. The molecule has 0 aliphatic heterocycles. The molecule has 0 saturated heterocycles. The first kappa shape index (κ1) is 24.5. The first-order valence-corrected chi connectivity index (χ1v) is 11.8. The standard InChI is InChI=1S/C26H38FNO4/c1-24(2,3)22(29)31-17-14-19-18(20(27)15-17)13-16-11-9-8-10-12-26(19,7)21(16)28-23(30)32-25(4,5)6/h14-16,21H,8-13H2,1-7H3,(H,28,30)/t16?,21-,26+/m0/s1. The molecule has 6 heteroatoms. The number of rotatable bonds is 2. The molecule has 178 valence electrons. The molecule has 5 nitrogen and oxygen atoms in total. The number of benzene rings is 1. The molecule has 0 spiro atoms. The number of fused-ring (bicyclic) bond motifs is 4. The minimum Gasteiger partial charge on any atom is -0.444 e. The molecule has 1 amide bonds. The Kier molecular flexibility index (Phi) is 6.65. The fourth-order valence-electron chi connectivity index (χ4n) is 5.06. The van der Waals surface area contributed by atoms with Gasteiger partial charge in [-0.2, -0.15) is 0 Å². The molecule has 1 fully saturated rings. The Morgan fingerprint density at radius 2 is 1.78 bits per heavy atom. The highest BCUT2D eigenvalue weighted by atomic mass is 19.1. The van der Waals surface area contributed by atoms with Gasteiger partial charge in [0.25, 0.3) is 0 Å². The average Bonchev–Trinajstić information content (AvgIpc) is 2.62. The normalized spacial score (nSPS) is 25.8. The number of hydrogen-bond acceptors (Lipinski definition) is 4. The zero-order chi connectivity index (χ0) is 23.9. The van der Waals surface area contributed by atoms with Crippen molar-refractivity contribution in [3.63, 3.8) is 0 Å². The van der Waals surface area contributed by atoms with Crippen molar-refractivity contribution in [2.24, 2.45) is 11.3 Å². The van der Waals surface area contributed by atoms with Gasteiger partial charge in [0.05, 0.1) is 5.41 Å². The molecule has 0 radical (unpaired) electrons. The van der Waals surface area contributed by atoms with E-state index in [0.717, 1.165) is 37.7 Å². The summed E-state index contributed by atoms with van der Waals surface area (Å²) in [6.07, 6.45) is 5.00. The van der Waals surface area contributed by atoms with Crippen molar-refractivity contribution >= 4 is 12.1 Å². The van der Waals surface area contributed by atoms with Gasteiger partial charge < -0.3 is 14.8 Å². The van der Waals surface area contributed by atoms with E-state index in [9.17, 15) is 9.59 Å². The molecule has 1 saturated carbocycles. The summed E-state index contributed by atoms with van der Waals surface area (Å²) in [5.41, 5.74) is -0.270. The van der Waals surface area contributed by atoms with Crippen molar-refractivity contribution in [2.75, 3.05) is 0 Å². The maximum Gasteiger partial charge on any atom is 0.407 e. The molecular formula is C26H38FNO4. The maximum atomic E-state index is 15.3. The molecule has 3 atom stereocenters. The highest BCUT2D eigenvalue weighted by Gasteiger charge is 2.48. The van der Waals surface area contributed by atoms with Crippen LogP contribution >= 0.6 is 0 Å². The number of carbonyl (C=O) groups excluding carboxylic acids is 2. The molecule has 2 bridgehead atoms. The van der Waals surface area contributed by atoms with Gasteiger partial charge >= 0.3 is 12.1 Å². The van der Waals surface area contributed by atoms with E-state index in [1.54, 1.807) is 20.8 Å². The molecule has 1 aromatic carbocycles. The van der Waals surface area contributed by atoms with E-state index >= 15 is 4.39 Å². The minimum absolute atomic E-state index is 0.123. The highest BCUT2D eigenvalue weighted by molar-refractivity contribution is 5.78. The second kappa shape index (κ2) is 8.68. The zero-order valence-electron chi connectivity index (χ0n) is 20.6. The molecule has 1 N–H and O–H groups in total. The van der Waals surface area contributed by atoms with E-state index in [1.165, 1.54) is 6.07 Å². The Morgan fingerprint density at radius 3 is 2.41 bits per heavy atom. The number of amides is 1. The van der Waals surface area contributed by atoms with Crippen molar-refractivity contribution in [1.29, 1.82) is 0 Å². The quantitative estimate of drug-likeness (QED) is 0.442. The molecule has 3 rings (SSSR count). The van der Waals surface area contributed by atoms with Gasteiger partial charge in [0, 0.05) is 17.5 Å². The van der Waals surface area contributed by atoms with Crippen molar-refractivity contribution < 1.29 is 23.5 Å². The number of ether oxygens (including phenoxy) is 2. The van der Waals surface area contributed by atoms with Crippen LogP contribution in [0.5, 0.6) is 5.75 Å². The van der Waals surface area contributed by atoms with Crippen LogP contribution in [0.3, 0.4) is 0 Å². The van der Waals surface area contributed by atoms with Crippen LogP contribution in [-0.2, 0) is 21.4 Å². The van der Waals surface area contributed by atoms with Gasteiger partial charge in [-0.15, -0.1) is 0 Å². The monoisotopic (exact) mass is 447 g/mol. The van der Waals surface area contributed by atoms with Crippen LogP contribution in [-0.4, -0.2) is 23.7 Å². The van der Waals surface area contributed by atoms with Gasteiger partial charge in [0.2, 0.25) is 0 Å². The number of esters is 1. The van der Waals surface area contributed by atoms with Gasteiger partial charge in [0.1, 0.15) is 17.2 Å². The largest absolute Gasteiger partial charge is 0.444 e. The lowest BCUT2D eigenvalue weighted by Gasteiger charge is -2.49. The van der Waals surface area contributed by atoms with Crippen molar-refractivity contribution in [1.82, 2.24) is 5.32 Å². The highest BCUT2D eigenvalue weighted by Crippen LogP contribution is 2.48. The SMILES string of the molecule is CC(C)(C)OC(=O)N[C@H]1C2CCCCC[C@]1(C)c1cc(OC(=O)C(C)(C)C)cc(F)c1C2. The second-order valence-corrected chi connectivity index (χ2v) is 11.7. The lowest BCUT2D eigenvalue weighted by molar-refractivity contribution is -0.143. The first-order valence-electron chi connectivity index (χ1n) is 11.8. The smallest absolute Gasteiger partial charge is 0.407 e. The number of halogens is 1. The van der Waals surface area contributed by atoms with Crippen LogP contribution in [0.1, 0.15) is 91.7 Å². The topological polar surface area (TPSA) is 64.6 Å². The lowest BCUT2D eigenvalue weighted by atomic mass is 9.59. The third-order valence-corrected chi connectivity index (χ3v) is 6.67. The Labute approximate surface area is 191 Å². The van der Waals surface area contributed by atoms with Crippen molar-refractivity contribution in [2.45, 2.75) is 104 Å². The molecular weight excluding hydrogens is 409 g/mol. The van der Waals surface area contributed by atoms with E-state index in [2.05, 4.69) is 12.2 Å². The summed E-state index contributed by atoms with van der Waals surface area (Å²) in [7, 11) is 0. The van der Waals surface area contributed by atoms with Crippen molar-refractivity contribution in [3.8, 4) is 5.75 Å². The van der Waals surface area contributed by atoms with Gasteiger partial charge in [-0.25, -0.2) is 9.18 Å². The van der Waals surface area contributed by atoms with Crippen LogP contribution in [0.25, 0.3) is 0 Å². The van der Waals surface area contributed by atoms with E-state index in [4.69, 9.17) is 9.47 Å². The fraction of sp³-hybridized carbons (Fsp3) is 0.692. The van der Waals surface area contributed by atoms with Gasteiger partial charge in [-0.05, 0) is 83.9 Å². The predicted octanol–water partition coefficient (Wildman–Crippen LogP) is 6.06. The third kappa shape index (κ3) is 5.26. The molecule has 2 aliphatic rings. The van der Waals surface area contributed by atoms with Crippen LogP contribution in [0.2, 0.25) is 0 Å². The summed E-state index contributed by atoms with van der Waals surface area (Å²) in [6.45, 7) is 12.9. The number of nitrogens with one attached hydrogen (secondary N) is 1. The maximum absolute atomic E-state index is 15.3. The Balaban J connectivity index is 2.02. The summed E-state index contributed by atoms with van der Waals surface area (Å²) in [5.74, 6) is -0.403. The summed E-state index contributed by atoms with van der Waals surface area (Å²) < 4.78 is 26.4. The van der Waals surface area contributed by atoms with Gasteiger partial charge in [-0.3, -0.25) is 4.79 Å². The zero-order valence-corrected chi connectivity index (χ0v) is 20.6. The molecule has 1 unspecified atom stereocenters. The van der Waals surface area contributed by atoms with Crippen LogP contribution < -0.4 is 10.1 Å². The van der Waals surface area contributed by atoms with Crippen LogP contribution in [0.15, 0.2) is 12.1 Å². The predicted molar refractivity (Wildman–Crippen MR) is 122 cm³/mol. The Hall–Kier alpha value is -2.11.